The zero-order chi connectivity index (χ0) is 15.2. The van der Waals surface area contributed by atoms with E-state index in [1.165, 1.54) is 6.42 Å². The number of likely N-dealkylation sites (N-methyl/N-ethyl adjacent to an activating group) is 1. The number of ether oxygens (including phenoxy) is 1. The molecule has 0 N–H and O–H groups in total. The van der Waals surface area contributed by atoms with Crippen molar-refractivity contribution in [1.29, 1.82) is 0 Å². The van der Waals surface area contributed by atoms with Gasteiger partial charge in [0.1, 0.15) is 12.4 Å². The minimum Gasteiger partial charge on any atom is -0.491 e. The van der Waals surface area contributed by atoms with Crippen molar-refractivity contribution in [3.05, 3.63) is 29.8 Å². The van der Waals surface area contributed by atoms with Crippen LogP contribution in [0.3, 0.4) is 0 Å². The predicted molar refractivity (Wildman–Crippen MR) is 85.1 cm³/mol. The van der Waals surface area contributed by atoms with Gasteiger partial charge in [0, 0.05) is 32.2 Å². The van der Waals surface area contributed by atoms with Crippen LogP contribution in [0.25, 0.3) is 0 Å². The molecule has 1 aliphatic heterocycles. The Balaban J connectivity index is 1.83. The third-order valence-corrected chi connectivity index (χ3v) is 4.26. The van der Waals surface area contributed by atoms with Gasteiger partial charge in [-0.3, -0.25) is 9.69 Å². The van der Waals surface area contributed by atoms with Crippen molar-refractivity contribution in [3.8, 4) is 5.75 Å². The largest absolute Gasteiger partial charge is 0.491 e. The fraction of sp³-hybridized carbons (Fsp3) is 0.588. The Hall–Kier alpha value is -1.39. The van der Waals surface area contributed by atoms with Gasteiger partial charge in [0.05, 0.1) is 5.56 Å². The molecule has 0 amide bonds. The number of hydrogen-bond donors (Lipinski definition) is 0. The van der Waals surface area contributed by atoms with Crippen LogP contribution in [0, 0.1) is 0 Å². The molecule has 1 unspecified atom stereocenters. The number of rotatable bonds is 6. The van der Waals surface area contributed by atoms with Crippen molar-refractivity contribution < 1.29 is 9.53 Å². The molecule has 0 aromatic heterocycles. The number of piperazine rings is 1. The molecule has 1 aromatic carbocycles. The van der Waals surface area contributed by atoms with E-state index in [0.717, 1.165) is 26.2 Å². The van der Waals surface area contributed by atoms with E-state index in [9.17, 15) is 4.79 Å². The molecule has 0 bridgehead atoms. The van der Waals surface area contributed by atoms with Gasteiger partial charge in [-0.25, -0.2) is 0 Å². The number of carbonyl (C=O) groups excluding carboxylic acids is 1. The van der Waals surface area contributed by atoms with Gasteiger partial charge in [-0.2, -0.15) is 0 Å². The van der Waals surface area contributed by atoms with Crippen molar-refractivity contribution in [1.82, 2.24) is 9.80 Å². The summed E-state index contributed by atoms with van der Waals surface area (Å²) in [6.07, 6.45) is 1.18. The van der Waals surface area contributed by atoms with Crippen LogP contribution in [0.2, 0.25) is 0 Å². The second-order valence-corrected chi connectivity index (χ2v) is 5.74. The van der Waals surface area contributed by atoms with E-state index in [1.54, 1.807) is 6.92 Å². The topological polar surface area (TPSA) is 32.8 Å². The Labute approximate surface area is 127 Å². The molecule has 0 radical (unpaired) electrons. The van der Waals surface area contributed by atoms with E-state index in [0.29, 0.717) is 24.0 Å². The Morgan fingerprint density at radius 3 is 2.81 bits per heavy atom. The molecule has 0 spiro atoms. The summed E-state index contributed by atoms with van der Waals surface area (Å²) in [7, 11) is 2.20. The van der Waals surface area contributed by atoms with Crippen LogP contribution in [-0.4, -0.2) is 61.5 Å². The highest BCUT2D eigenvalue weighted by Crippen LogP contribution is 2.18. The van der Waals surface area contributed by atoms with Gasteiger partial charge in [0.25, 0.3) is 0 Å². The molecule has 1 saturated heterocycles. The summed E-state index contributed by atoms with van der Waals surface area (Å²) in [5, 5.41) is 0. The maximum absolute atomic E-state index is 11.6. The number of ketones is 1. The molecule has 0 aliphatic carbocycles. The lowest BCUT2D eigenvalue weighted by molar-refractivity contribution is 0.0821. The van der Waals surface area contributed by atoms with E-state index in [2.05, 4.69) is 23.8 Å². The summed E-state index contributed by atoms with van der Waals surface area (Å²) >= 11 is 0. The van der Waals surface area contributed by atoms with Gasteiger partial charge < -0.3 is 9.64 Å². The summed E-state index contributed by atoms with van der Waals surface area (Å²) in [4.78, 5) is 16.4. The molecule has 1 atom stereocenters. The normalized spacial score (nSPS) is 20.4. The smallest absolute Gasteiger partial charge is 0.163 e. The van der Waals surface area contributed by atoms with Crippen LogP contribution in [0.15, 0.2) is 24.3 Å². The third-order valence-electron chi connectivity index (χ3n) is 4.26. The fourth-order valence-electron chi connectivity index (χ4n) is 2.82. The second kappa shape index (κ2) is 7.57. The number of Topliss-reactive ketones (excluding diaryl/α,β-unsaturated/α-hetero) is 1. The third kappa shape index (κ3) is 4.29. The minimum atomic E-state index is 0.0521. The van der Waals surface area contributed by atoms with Gasteiger partial charge in [0.2, 0.25) is 0 Å². The standard InChI is InChI=1S/C17H26N2O2/c1-4-15-13-19(10-9-18(15)3)11-12-21-17-8-6-5-7-16(17)14(2)20/h5-8,15H,4,9-13H2,1-3H3. The van der Waals surface area contributed by atoms with Crippen LogP contribution in [-0.2, 0) is 0 Å². The van der Waals surface area contributed by atoms with E-state index in [-0.39, 0.29) is 5.78 Å². The summed E-state index contributed by atoms with van der Waals surface area (Å²) in [6.45, 7) is 8.66. The van der Waals surface area contributed by atoms with E-state index in [1.807, 2.05) is 24.3 Å². The lowest BCUT2D eigenvalue weighted by atomic mass is 10.1. The first-order chi connectivity index (χ1) is 10.1. The SMILES string of the molecule is CCC1CN(CCOc2ccccc2C(C)=O)CCN1C. The predicted octanol–water partition coefficient (Wildman–Crippen LogP) is 2.29. The molecular formula is C17H26N2O2. The van der Waals surface area contributed by atoms with Crippen molar-refractivity contribution in [2.24, 2.45) is 0 Å². The van der Waals surface area contributed by atoms with Gasteiger partial charge in [-0.15, -0.1) is 0 Å². The highest BCUT2D eigenvalue weighted by atomic mass is 16.5. The van der Waals surface area contributed by atoms with E-state index < -0.39 is 0 Å². The maximum atomic E-state index is 11.6. The molecule has 4 heteroatoms. The second-order valence-electron chi connectivity index (χ2n) is 5.74. The molecule has 116 valence electrons. The molecule has 1 heterocycles. The number of benzene rings is 1. The van der Waals surface area contributed by atoms with Gasteiger partial charge in [-0.05, 0) is 32.5 Å². The Morgan fingerprint density at radius 1 is 1.33 bits per heavy atom. The molecule has 0 saturated carbocycles. The quantitative estimate of drug-likeness (QED) is 0.753. The van der Waals surface area contributed by atoms with Crippen LogP contribution in [0.4, 0.5) is 0 Å². The van der Waals surface area contributed by atoms with Crippen molar-refractivity contribution in [2.75, 3.05) is 39.8 Å². The summed E-state index contributed by atoms with van der Waals surface area (Å²) < 4.78 is 5.82. The number of para-hydroxylation sites is 1. The van der Waals surface area contributed by atoms with Gasteiger partial charge >= 0.3 is 0 Å². The minimum absolute atomic E-state index is 0.0521. The van der Waals surface area contributed by atoms with Gasteiger partial charge in [-0.1, -0.05) is 19.1 Å². The summed E-state index contributed by atoms with van der Waals surface area (Å²) in [5.74, 6) is 0.752. The number of carbonyl (C=O) groups is 1. The number of nitrogens with zero attached hydrogens (tertiary/aromatic N) is 2. The Morgan fingerprint density at radius 2 is 2.10 bits per heavy atom. The maximum Gasteiger partial charge on any atom is 0.163 e. The fourth-order valence-corrected chi connectivity index (χ4v) is 2.82. The zero-order valence-corrected chi connectivity index (χ0v) is 13.3. The first-order valence-electron chi connectivity index (χ1n) is 7.77. The van der Waals surface area contributed by atoms with Crippen LogP contribution in [0.1, 0.15) is 30.6 Å². The molecule has 21 heavy (non-hydrogen) atoms. The molecule has 2 rings (SSSR count). The Bertz CT molecular complexity index is 476. The van der Waals surface area contributed by atoms with Crippen molar-refractivity contribution in [2.45, 2.75) is 26.3 Å². The lowest BCUT2D eigenvalue weighted by Gasteiger charge is -2.39. The van der Waals surface area contributed by atoms with Crippen LogP contribution < -0.4 is 4.74 Å². The summed E-state index contributed by atoms with van der Waals surface area (Å²) in [6, 6.07) is 8.11. The molecule has 1 fully saturated rings. The Kier molecular flexibility index (Phi) is 5.76. The highest BCUT2D eigenvalue weighted by Gasteiger charge is 2.22. The summed E-state index contributed by atoms with van der Waals surface area (Å²) in [5.41, 5.74) is 0.669. The highest BCUT2D eigenvalue weighted by molar-refractivity contribution is 5.96. The van der Waals surface area contributed by atoms with Gasteiger partial charge in [0.15, 0.2) is 5.78 Å². The first-order valence-corrected chi connectivity index (χ1v) is 7.77. The lowest BCUT2D eigenvalue weighted by Crippen LogP contribution is -2.51. The number of hydrogen-bond acceptors (Lipinski definition) is 4. The van der Waals surface area contributed by atoms with Crippen LogP contribution >= 0.6 is 0 Å². The van der Waals surface area contributed by atoms with Crippen molar-refractivity contribution in [3.63, 3.8) is 0 Å². The molecule has 1 aromatic rings. The van der Waals surface area contributed by atoms with E-state index >= 15 is 0 Å². The zero-order valence-electron chi connectivity index (χ0n) is 13.3. The average Bonchev–Trinajstić information content (AvgIpc) is 2.49. The van der Waals surface area contributed by atoms with E-state index in [4.69, 9.17) is 4.74 Å². The first kappa shape index (κ1) is 16.0. The van der Waals surface area contributed by atoms with Crippen molar-refractivity contribution >= 4 is 5.78 Å². The molecule has 4 nitrogen and oxygen atoms in total. The van der Waals surface area contributed by atoms with Crippen LogP contribution in [0.5, 0.6) is 5.75 Å². The average molecular weight is 290 g/mol. The molecular weight excluding hydrogens is 264 g/mol. The molecule has 1 aliphatic rings. The monoisotopic (exact) mass is 290 g/mol.